The number of aromatic carboxylic acids is 1. The molecule has 174 valence electrons. The number of nitrogens with zero attached hydrogens (tertiary/aromatic N) is 3. The van der Waals surface area contributed by atoms with Crippen molar-refractivity contribution in [3.05, 3.63) is 80.3 Å². The molecule has 0 unspecified atom stereocenters. The summed E-state index contributed by atoms with van der Waals surface area (Å²) in [6, 6.07) is 10.3. The van der Waals surface area contributed by atoms with Gasteiger partial charge in [-0.25, -0.2) is 19.7 Å². The van der Waals surface area contributed by atoms with Crippen molar-refractivity contribution in [2.45, 2.75) is 39.5 Å². The molecule has 0 fully saturated rings. The van der Waals surface area contributed by atoms with Crippen LogP contribution in [-0.2, 0) is 19.3 Å². The molecular formula is C25H25N5O4. The Bertz CT molecular complexity index is 1420. The van der Waals surface area contributed by atoms with Crippen LogP contribution >= 0.6 is 0 Å². The molecular weight excluding hydrogens is 434 g/mol. The maximum absolute atomic E-state index is 13.2. The molecule has 1 aliphatic carbocycles. The van der Waals surface area contributed by atoms with Crippen LogP contribution in [0.5, 0.6) is 0 Å². The number of fused-ring (bicyclic) bond motifs is 2. The third-order valence-corrected chi connectivity index (χ3v) is 6.56. The van der Waals surface area contributed by atoms with E-state index in [1.807, 2.05) is 6.07 Å². The van der Waals surface area contributed by atoms with Crippen molar-refractivity contribution < 1.29 is 14.7 Å². The lowest BCUT2D eigenvalue weighted by Crippen LogP contribution is -2.37. The number of carbonyl (C=O) groups excluding carboxylic acids is 1. The summed E-state index contributed by atoms with van der Waals surface area (Å²) in [5, 5.41) is 16.5. The fourth-order valence-corrected chi connectivity index (χ4v) is 4.85. The highest BCUT2D eigenvalue weighted by Gasteiger charge is 2.26. The first-order chi connectivity index (χ1) is 16.3. The molecule has 1 aliphatic heterocycles. The summed E-state index contributed by atoms with van der Waals surface area (Å²) >= 11 is 0. The van der Waals surface area contributed by atoms with Crippen molar-refractivity contribution in [2.24, 2.45) is 5.10 Å². The van der Waals surface area contributed by atoms with Gasteiger partial charge in [-0.05, 0) is 86.6 Å². The average molecular weight is 460 g/mol. The van der Waals surface area contributed by atoms with Gasteiger partial charge in [-0.1, -0.05) is 6.07 Å². The van der Waals surface area contributed by atoms with Crippen LogP contribution in [0.3, 0.4) is 0 Å². The van der Waals surface area contributed by atoms with Gasteiger partial charge >= 0.3 is 12.0 Å². The monoisotopic (exact) mass is 459 g/mol. The van der Waals surface area contributed by atoms with E-state index in [-0.39, 0.29) is 11.1 Å². The number of amides is 2. The quantitative estimate of drug-likeness (QED) is 0.410. The van der Waals surface area contributed by atoms with Crippen molar-refractivity contribution in [3.8, 4) is 5.69 Å². The average Bonchev–Trinajstić information content (AvgIpc) is 3.53. The first-order valence-electron chi connectivity index (χ1n) is 11.3. The maximum Gasteiger partial charge on any atom is 0.342 e. The first kappa shape index (κ1) is 21.7. The van der Waals surface area contributed by atoms with Gasteiger partial charge in [-0.2, -0.15) is 5.10 Å². The molecule has 0 atom stereocenters. The van der Waals surface area contributed by atoms with Crippen LogP contribution in [0.1, 0.15) is 51.7 Å². The minimum atomic E-state index is -1.00. The highest BCUT2D eigenvalue weighted by atomic mass is 16.4. The summed E-state index contributed by atoms with van der Waals surface area (Å²) < 4.78 is 1.51. The number of aromatic amines is 1. The Morgan fingerprint density at radius 2 is 1.85 bits per heavy atom. The number of hydrogen-bond donors (Lipinski definition) is 3. The van der Waals surface area contributed by atoms with E-state index in [9.17, 15) is 14.4 Å². The number of carbonyl (C=O) groups is 2. The molecule has 2 aliphatic rings. The van der Waals surface area contributed by atoms with Gasteiger partial charge in [0, 0.05) is 17.9 Å². The Kier molecular flexibility index (Phi) is 5.31. The fraction of sp³-hybridized carbons (Fsp3) is 0.280. The molecule has 0 bridgehead atoms. The number of rotatable bonds is 4. The summed E-state index contributed by atoms with van der Waals surface area (Å²) in [4.78, 5) is 38.6. The standard InChI is InChI=1S/C25H25N5O4/c1-14(26-27-25(34)29-11-10-18-12-19(24(32)33)7-9-21(18)29)22-15(2)28-30(23(22)31)20-8-6-16-4-3-5-17(16)13-20/h6-9,12-13,28H,3-5,10-11H2,1-2H3,(H,27,34)(H,32,33). The number of aromatic nitrogens is 2. The summed E-state index contributed by atoms with van der Waals surface area (Å²) in [5.74, 6) is -1.00. The van der Waals surface area contributed by atoms with E-state index >= 15 is 0 Å². The highest BCUT2D eigenvalue weighted by molar-refractivity contribution is 6.01. The van der Waals surface area contributed by atoms with Gasteiger partial charge in [0.15, 0.2) is 0 Å². The predicted molar refractivity (Wildman–Crippen MR) is 128 cm³/mol. The van der Waals surface area contributed by atoms with Crippen LogP contribution in [0, 0.1) is 6.92 Å². The Balaban J connectivity index is 1.36. The lowest BCUT2D eigenvalue weighted by molar-refractivity contribution is 0.0696. The van der Waals surface area contributed by atoms with E-state index in [1.165, 1.54) is 26.8 Å². The number of benzene rings is 2. The highest BCUT2D eigenvalue weighted by Crippen LogP contribution is 2.29. The molecule has 3 aromatic rings. The lowest BCUT2D eigenvalue weighted by Gasteiger charge is -2.16. The van der Waals surface area contributed by atoms with Crippen LogP contribution in [0.4, 0.5) is 10.5 Å². The van der Waals surface area contributed by atoms with E-state index in [0.29, 0.717) is 35.6 Å². The minimum Gasteiger partial charge on any atom is -0.478 e. The normalized spacial score (nSPS) is 14.8. The maximum atomic E-state index is 13.2. The summed E-state index contributed by atoms with van der Waals surface area (Å²) in [6.07, 6.45) is 3.80. The molecule has 0 saturated carbocycles. The molecule has 34 heavy (non-hydrogen) atoms. The van der Waals surface area contributed by atoms with Crippen LogP contribution < -0.4 is 15.9 Å². The number of nitrogens with one attached hydrogen (secondary N) is 2. The van der Waals surface area contributed by atoms with Crippen molar-refractivity contribution in [1.29, 1.82) is 0 Å². The van der Waals surface area contributed by atoms with E-state index in [0.717, 1.165) is 30.5 Å². The van der Waals surface area contributed by atoms with Crippen molar-refractivity contribution >= 4 is 23.4 Å². The van der Waals surface area contributed by atoms with Crippen molar-refractivity contribution in [3.63, 3.8) is 0 Å². The Morgan fingerprint density at radius 3 is 2.65 bits per heavy atom. The van der Waals surface area contributed by atoms with Gasteiger partial charge < -0.3 is 5.11 Å². The third-order valence-electron chi connectivity index (χ3n) is 6.56. The minimum absolute atomic E-state index is 0.192. The number of carboxylic acid groups (broad SMARTS) is 1. The number of aryl methyl sites for hydroxylation is 3. The van der Waals surface area contributed by atoms with E-state index in [2.05, 4.69) is 27.8 Å². The second-order valence-electron chi connectivity index (χ2n) is 8.72. The van der Waals surface area contributed by atoms with Crippen LogP contribution in [0.2, 0.25) is 0 Å². The summed E-state index contributed by atoms with van der Waals surface area (Å²) in [6.45, 7) is 3.91. The summed E-state index contributed by atoms with van der Waals surface area (Å²) in [7, 11) is 0. The molecule has 5 rings (SSSR count). The fourth-order valence-electron chi connectivity index (χ4n) is 4.85. The zero-order valence-electron chi connectivity index (χ0n) is 19.0. The second kappa shape index (κ2) is 8.33. The van der Waals surface area contributed by atoms with Crippen molar-refractivity contribution in [2.75, 3.05) is 11.4 Å². The molecule has 3 N–H and O–H groups in total. The largest absolute Gasteiger partial charge is 0.478 e. The van der Waals surface area contributed by atoms with Gasteiger partial charge in [0.1, 0.15) is 0 Å². The second-order valence-corrected chi connectivity index (χ2v) is 8.72. The molecule has 2 aromatic carbocycles. The van der Waals surface area contributed by atoms with E-state index < -0.39 is 12.0 Å². The van der Waals surface area contributed by atoms with Crippen LogP contribution in [-0.4, -0.2) is 39.1 Å². The SMILES string of the molecule is CC(=NNC(=O)N1CCc2cc(C(=O)O)ccc21)c1c(C)[nH]n(-c2ccc3c(c2)CCC3)c1=O. The summed E-state index contributed by atoms with van der Waals surface area (Å²) in [5.41, 5.74) is 8.83. The third kappa shape index (κ3) is 3.68. The molecule has 0 saturated heterocycles. The van der Waals surface area contributed by atoms with Gasteiger partial charge in [-0.3, -0.25) is 14.8 Å². The van der Waals surface area contributed by atoms with Crippen LogP contribution in [0.25, 0.3) is 5.69 Å². The van der Waals surface area contributed by atoms with Gasteiger partial charge in [-0.15, -0.1) is 0 Å². The number of carboxylic acids is 1. The number of H-pyrrole nitrogens is 1. The molecule has 1 aromatic heterocycles. The molecule has 0 spiro atoms. The molecule has 2 amide bonds. The Hall–Kier alpha value is -4.14. The zero-order chi connectivity index (χ0) is 24.0. The molecule has 9 nitrogen and oxygen atoms in total. The molecule has 9 heteroatoms. The number of hydrazone groups is 1. The molecule has 0 radical (unpaired) electrons. The number of anilines is 1. The topological polar surface area (TPSA) is 120 Å². The van der Waals surface area contributed by atoms with Gasteiger partial charge in [0.05, 0.1) is 22.5 Å². The molecule has 2 heterocycles. The van der Waals surface area contributed by atoms with Crippen LogP contribution in [0.15, 0.2) is 46.3 Å². The van der Waals surface area contributed by atoms with E-state index in [4.69, 9.17) is 5.11 Å². The van der Waals surface area contributed by atoms with Crippen molar-refractivity contribution in [1.82, 2.24) is 15.2 Å². The van der Waals surface area contributed by atoms with Gasteiger partial charge in [0.25, 0.3) is 5.56 Å². The lowest BCUT2D eigenvalue weighted by atomic mass is 10.1. The number of urea groups is 1. The number of hydrogen-bond acceptors (Lipinski definition) is 4. The van der Waals surface area contributed by atoms with E-state index in [1.54, 1.807) is 26.0 Å². The predicted octanol–water partition coefficient (Wildman–Crippen LogP) is 3.16. The Morgan fingerprint density at radius 1 is 1.06 bits per heavy atom. The first-order valence-corrected chi connectivity index (χ1v) is 11.3. The smallest absolute Gasteiger partial charge is 0.342 e. The van der Waals surface area contributed by atoms with Gasteiger partial charge in [0.2, 0.25) is 0 Å². The zero-order valence-corrected chi connectivity index (χ0v) is 19.0. The Labute approximate surface area is 195 Å².